The highest BCUT2D eigenvalue weighted by atomic mass is 19.3. The minimum Gasteiger partial charge on any atom is -0.381 e. The van der Waals surface area contributed by atoms with Crippen molar-refractivity contribution in [3.8, 4) is 11.3 Å². The minimum atomic E-state index is -1.73. The average molecular weight is 530 g/mol. The number of carbonyl (C=O) groups excluding carboxylic acids is 1. The van der Waals surface area contributed by atoms with Crippen molar-refractivity contribution < 1.29 is 18.3 Å². The van der Waals surface area contributed by atoms with Crippen molar-refractivity contribution in [1.82, 2.24) is 19.3 Å². The summed E-state index contributed by atoms with van der Waals surface area (Å²) >= 11 is 0. The van der Waals surface area contributed by atoms with Gasteiger partial charge >= 0.3 is 0 Å². The molecule has 0 radical (unpaired) electrons. The normalized spacial score (nSPS) is 16.5. The third kappa shape index (κ3) is 5.02. The summed E-state index contributed by atoms with van der Waals surface area (Å²) in [6.45, 7) is 5.11. The summed E-state index contributed by atoms with van der Waals surface area (Å²) < 4.78 is 32.6. The fraction of sp³-hybridized carbons (Fsp3) is 0.300. The van der Waals surface area contributed by atoms with Crippen molar-refractivity contribution >= 4 is 29.1 Å². The number of halogens is 2. The van der Waals surface area contributed by atoms with Crippen molar-refractivity contribution in [2.75, 3.05) is 31.6 Å². The number of carbonyl (C=O) groups is 1. The third-order valence-corrected chi connectivity index (χ3v) is 7.91. The van der Waals surface area contributed by atoms with Crippen LogP contribution in [0.5, 0.6) is 0 Å². The van der Waals surface area contributed by atoms with Crippen LogP contribution < -0.4 is 5.32 Å². The van der Waals surface area contributed by atoms with Crippen molar-refractivity contribution in [1.29, 1.82) is 0 Å². The lowest BCUT2D eigenvalue weighted by atomic mass is 9.80. The van der Waals surface area contributed by atoms with Crippen LogP contribution >= 0.6 is 0 Å². The van der Waals surface area contributed by atoms with Crippen LogP contribution in [0.2, 0.25) is 0 Å². The molecule has 39 heavy (non-hydrogen) atoms. The monoisotopic (exact) mass is 529 g/mol. The zero-order valence-electron chi connectivity index (χ0n) is 21.7. The lowest BCUT2D eigenvalue weighted by Crippen LogP contribution is -2.35. The molecular formula is C30H29F2N5O2. The van der Waals surface area contributed by atoms with Gasteiger partial charge in [-0.15, -0.1) is 0 Å². The van der Waals surface area contributed by atoms with E-state index < -0.39 is 6.08 Å². The Bertz CT molecular complexity index is 1550. The summed E-state index contributed by atoms with van der Waals surface area (Å²) in [5, 5.41) is 3.34. The number of nitrogens with one attached hydrogen (secondary N) is 1. The summed E-state index contributed by atoms with van der Waals surface area (Å²) in [5.74, 6) is 0.651. The quantitative estimate of drug-likeness (QED) is 0.327. The van der Waals surface area contributed by atoms with Gasteiger partial charge in [0.1, 0.15) is 0 Å². The molecule has 0 atom stereocenters. The Labute approximate surface area is 225 Å². The topological polar surface area (TPSA) is 71.8 Å². The number of likely N-dealkylation sites (tertiary alicyclic amines) is 1. The Morgan fingerprint density at radius 3 is 2.62 bits per heavy atom. The Hall–Kier alpha value is -4.11. The van der Waals surface area contributed by atoms with Gasteiger partial charge in [-0.25, -0.2) is 9.97 Å². The van der Waals surface area contributed by atoms with Crippen LogP contribution in [0.4, 0.5) is 20.3 Å². The van der Waals surface area contributed by atoms with Crippen LogP contribution in [0, 0.1) is 12.3 Å². The highest BCUT2D eigenvalue weighted by molar-refractivity contribution is 5.96. The number of rotatable bonds is 5. The first-order valence-corrected chi connectivity index (χ1v) is 13.1. The number of aromatic nitrogens is 3. The summed E-state index contributed by atoms with van der Waals surface area (Å²) in [4.78, 5) is 24.4. The van der Waals surface area contributed by atoms with Crippen LogP contribution in [0.25, 0.3) is 23.0 Å². The molecule has 0 saturated carbocycles. The summed E-state index contributed by atoms with van der Waals surface area (Å²) in [5.41, 5.74) is 5.35. The number of nitrogens with zero attached hydrogens (tertiary/aromatic N) is 4. The molecular weight excluding hydrogens is 500 g/mol. The van der Waals surface area contributed by atoms with Crippen molar-refractivity contribution in [2.45, 2.75) is 26.2 Å². The number of ether oxygens (including phenoxy) is 1. The van der Waals surface area contributed by atoms with Crippen molar-refractivity contribution in [2.24, 2.45) is 5.41 Å². The number of hydrogen-bond donors (Lipinski definition) is 1. The molecule has 1 spiro atoms. The van der Waals surface area contributed by atoms with Crippen LogP contribution in [0.3, 0.4) is 0 Å². The van der Waals surface area contributed by atoms with Gasteiger partial charge in [-0.3, -0.25) is 9.20 Å². The molecule has 0 unspecified atom stereocenters. The second kappa shape index (κ2) is 10.2. The number of anilines is 2. The van der Waals surface area contributed by atoms with Gasteiger partial charge in [0.15, 0.2) is 11.5 Å². The number of amides is 1. The number of fused-ring (bicyclic) bond motifs is 1. The Morgan fingerprint density at radius 1 is 1.08 bits per heavy atom. The summed E-state index contributed by atoms with van der Waals surface area (Å²) in [6, 6.07) is 12.6. The van der Waals surface area contributed by atoms with Gasteiger partial charge in [0.05, 0.1) is 11.9 Å². The lowest BCUT2D eigenvalue weighted by molar-refractivity contribution is 0.0191. The molecule has 2 aliphatic heterocycles. The molecule has 2 saturated heterocycles. The summed E-state index contributed by atoms with van der Waals surface area (Å²) in [7, 11) is 0. The maximum absolute atomic E-state index is 13.4. The molecule has 4 heterocycles. The number of imidazole rings is 1. The molecule has 4 aromatic rings. The van der Waals surface area contributed by atoms with E-state index in [4.69, 9.17) is 4.74 Å². The van der Waals surface area contributed by atoms with E-state index in [1.807, 2.05) is 40.6 Å². The number of hydrogen-bond acceptors (Lipinski definition) is 5. The van der Waals surface area contributed by atoms with E-state index >= 15 is 0 Å². The average Bonchev–Trinajstić information content (AvgIpc) is 3.54. The first-order chi connectivity index (χ1) is 18.9. The fourth-order valence-corrected chi connectivity index (χ4v) is 5.71. The van der Waals surface area contributed by atoms with E-state index in [1.54, 1.807) is 36.7 Å². The maximum atomic E-state index is 13.4. The second-order valence-corrected chi connectivity index (χ2v) is 10.4. The number of aryl methyl sites for hydroxylation is 1. The first kappa shape index (κ1) is 25.2. The van der Waals surface area contributed by atoms with Gasteiger partial charge in [-0.1, -0.05) is 24.3 Å². The van der Waals surface area contributed by atoms with Crippen molar-refractivity contribution in [3.63, 3.8) is 0 Å². The Balaban J connectivity index is 1.20. The van der Waals surface area contributed by atoms with Crippen LogP contribution in [-0.4, -0.2) is 51.5 Å². The standard InChI is InChI=1S/C30H29F2N5O2/c1-20-16-23(6-7-24(20)29(38)36-12-8-30(19-36)9-14-39-15-10-30)35-27-28-34-18-25(37(28)13-11-33-27)22-4-2-21(3-5-22)17-26(31)32/h2-7,11,13,16-18H,8-10,12,14-15,19H2,1H3,(H,33,35). The predicted octanol–water partition coefficient (Wildman–Crippen LogP) is 6.33. The maximum Gasteiger partial charge on any atom is 0.270 e. The molecule has 2 aromatic heterocycles. The molecule has 2 fully saturated rings. The second-order valence-electron chi connectivity index (χ2n) is 10.4. The minimum absolute atomic E-state index is 0.0799. The highest BCUT2D eigenvalue weighted by Crippen LogP contribution is 2.40. The fourth-order valence-electron chi connectivity index (χ4n) is 5.71. The van der Waals surface area contributed by atoms with Gasteiger partial charge < -0.3 is 15.0 Å². The third-order valence-electron chi connectivity index (χ3n) is 7.91. The molecule has 200 valence electrons. The van der Waals surface area contributed by atoms with Gasteiger partial charge in [-0.05, 0) is 60.9 Å². The lowest BCUT2D eigenvalue weighted by Gasteiger charge is -2.33. The van der Waals surface area contributed by atoms with Gasteiger partial charge in [0, 0.05) is 61.6 Å². The van der Waals surface area contributed by atoms with E-state index in [0.29, 0.717) is 22.6 Å². The van der Waals surface area contributed by atoms with Crippen LogP contribution in [0.15, 0.2) is 67.1 Å². The largest absolute Gasteiger partial charge is 0.381 e. The Kier molecular flexibility index (Phi) is 6.60. The van der Waals surface area contributed by atoms with Gasteiger partial charge in [-0.2, -0.15) is 8.78 Å². The molecule has 1 amide bonds. The molecule has 2 aliphatic rings. The van der Waals surface area contributed by atoms with Gasteiger partial charge in [0.25, 0.3) is 12.0 Å². The smallest absolute Gasteiger partial charge is 0.270 e. The summed E-state index contributed by atoms with van der Waals surface area (Å²) in [6.07, 6.45) is 7.41. The zero-order chi connectivity index (χ0) is 27.0. The highest BCUT2D eigenvalue weighted by Gasteiger charge is 2.41. The molecule has 0 bridgehead atoms. The molecule has 9 heteroatoms. The van der Waals surface area contributed by atoms with Crippen LogP contribution in [0.1, 0.15) is 40.7 Å². The molecule has 6 rings (SSSR count). The molecule has 2 aromatic carbocycles. The van der Waals surface area contributed by atoms with Crippen molar-refractivity contribution in [3.05, 3.63) is 83.8 Å². The van der Waals surface area contributed by atoms with E-state index in [9.17, 15) is 13.6 Å². The molecule has 1 N–H and O–H groups in total. The van der Waals surface area contributed by atoms with E-state index in [-0.39, 0.29) is 11.3 Å². The molecule has 0 aliphatic carbocycles. The van der Waals surface area contributed by atoms with Gasteiger partial charge in [0.2, 0.25) is 0 Å². The predicted molar refractivity (Wildman–Crippen MR) is 146 cm³/mol. The number of benzene rings is 2. The zero-order valence-corrected chi connectivity index (χ0v) is 21.7. The van der Waals surface area contributed by atoms with E-state index in [1.165, 1.54) is 0 Å². The van der Waals surface area contributed by atoms with E-state index in [2.05, 4.69) is 15.3 Å². The SMILES string of the molecule is Cc1cc(Nc2nccn3c(-c4ccc(C=C(F)F)cc4)cnc23)ccc1C(=O)N1CCC2(CCOCC2)C1. The first-order valence-electron chi connectivity index (χ1n) is 13.1. The Morgan fingerprint density at radius 2 is 1.87 bits per heavy atom. The molecule has 7 nitrogen and oxygen atoms in total. The van der Waals surface area contributed by atoms with E-state index in [0.717, 1.165) is 74.1 Å². The van der Waals surface area contributed by atoms with Crippen LogP contribution in [-0.2, 0) is 4.74 Å².